The van der Waals surface area contributed by atoms with Crippen LogP contribution in [0.4, 0.5) is 5.69 Å². The number of anilines is 1. The summed E-state index contributed by atoms with van der Waals surface area (Å²) in [5.74, 6) is -0.0129. The molecule has 1 aromatic heterocycles. The van der Waals surface area contributed by atoms with Crippen LogP contribution in [0.2, 0.25) is 5.02 Å². The number of carbonyl (C=O) groups excluding carboxylic acids is 1. The van der Waals surface area contributed by atoms with Gasteiger partial charge in [0.2, 0.25) is 0 Å². The van der Waals surface area contributed by atoms with Gasteiger partial charge in [-0.1, -0.05) is 16.8 Å². The summed E-state index contributed by atoms with van der Waals surface area (Å²) in [6, 6.07) is 6.35. The van der Waals surface area contributed by atoms with Crippen molar-refractivity contribution in [3.8, 4) is 5.75 Å². The second-order valence-electron chi connectivity index (χ2n) is 3.95. The van der Waals surface area contributed by atoms with Gasteiger partial charge in [-0.25, -0.2) is 0 Å². The molecular formula is C13H12ClN3O3S. The summed E-state index contributed by atoms with van der Waals surface area (Å²) in [6.07, 6.45) is 0. The van der Waals surface area contributed by atoms with Gasteiger partial charge >= 0.3 is 0 Å². The first kappa shape index (κ1) is 15.1. The molecule has 1 heterocycles. The lowest BCUT2D eigenvalue weighted by molar-refractivity contribution is 0.102. The number of nitrogens with zero attached hydrogens (tertiary/aromatic N) is 1. The van der Waals surface area contributed by atoms with E-state index in [1.165, 1.54) is 24.5 Å². The Bertz CT molecular complexity index is 700. The van der Waals surface area contributed by atoms with Crippen LogP contribution >= 0.6 is 22.9 Å². The molecular weight excluding hydrogens is 314 g/mol. The molecule has 0 spiro atoms. The van der Waals surface area contributed by atoms with Crippen LogP contribution < -0.4 is 15.8 Å². The summed E-state index contributed by atoms with van der Waals surface area (Å²) in [5.41, 5.74) is 6.29. The highest BCUT2D eigenvalue weighted by molar-refractivity contribution is 7.12. The second-order valence-corrected chi connectivity index (χ2v) is 5.30. The number of hydrogen-bond donors (Lipinski definition) is 3. The molecule has 0 unspecified atom stereocenters. The minimum absolute atomic E-state index is 0.125. The summed E-state index contributed by atoms with van der Waals surface area (Å²) in [4.78, 5) is 12.7. The van der Waals surface area contributed by atoms with Crippen molar-refractivity contribution in [2.75, 3.05) is 12.4 Å². The molecule has 21 heavy (non-hydrogen) atoms. The number of ether oxygens (including phenoxy) is 1. The minimum atomic E-state index is -0.365. The summed E-state index contributed by atoms with van der Waals surface area (Å²) >= 11 is 7.16. The van der Waals surface area contributed by atoms with Crippen molar-refractivity contribution in [2.24, 2.45) is 10.9 Å². The lowest BCUT2D eigenvalue weighted by Gasteiger charge is -2.10. The second kappa shape index (κ2) is 6.47. The molecule has 0 fully saturated rings. The fourth-order valence-electron chi connectivity index (χ4n) is 1.70. The van der Waals surface area contributed by atoms with Crippen LogP contribution in [0.15, 0.2) is 34.8 Å². The number of nitrogens with two attached hydrogens (primary N) is 1. The largest absolute Gasteiger partial charge is 0.495 e. The number of amides is 1. The van der Waals surface area contributed by atoms with Crippen molar-refractivity contribution < 1.29 is 14.7 Å². The molecule has 4 N–H and O–H groups in total. The van der Waals surface area contributed by atoms with Crippen LogP contribution in [0, 0.1) is 0 Å². The molecule has 1 aromatic carbocycles. The maximum atomic E-state index is 12.3. The number of thiophene rings is 1. The van der Waals surface area contributed by atoms with Crippen LogP contribution in [0.5, 0.6) is 5.75 Å². The molecule has 0 aliphatic heterocycles. The Labute approximate surface area is 129 Å². The highest BCUT2D eigenvalue weighted by atomic mass is 35.5. The van der Waals surface area contributed by atoms with Gasteiger partial charge in [0, 0.05) is 10.6 Å². The normalized spacial score (nSPS) is 11.2. The third-order valence-corrected chi connectivity index (χ3v) is 3.80. The Kier molecular flexibility index (Phi) is 4.66. The van der Waals surface area contributed by atoms with Crippen molar-refractivity contribution in [2.45, 2.75) is 0 Å². The summed E-state index contributed by atoms with van der Waals surface area (Å²) in [6.45, 7) is 0. The number of halogens is 1. The van der Waals surface area contributed by atoms with E-state index in [1.54, 1.807) is 23.6 Å². The summed E-state index contributed by atoms with van der Waals surface area (Å²) in [5, 5.41) is 16.6. The molecule has 8 heteroatoms. The highest BCUT2D eigenvalue weighted by Crippen LogP contribution is 2.27. The molecule has 0 bridgehead atoms. The third-order valence-electron chi connectivity index (χ3n) is 2.67. The predicted molar refractivity (Wildman–Crippen MR) is 82.8 cm³/mol. The number of hydrogen-bond acceptors (Lipinski definition) is 5. The quantitative estimate of drug-likeness (QED) is 0.348. The van der Waals surface area contributed by atoms with Crippen molar-refractivity contribution >= 4 is 40.4 Å². The van der Waals surface area contributed by atoms with E-state index >= 15 is 0 Å². The van der Waals surface area contributed by atoms with Crippen LogP contribution in [-0.2, 0) is 0 Å². The Balaban J connectivity index is 2.35. The van der Waals surface area contributed by atoms with Crippen LogP contribution in [-0.4, -0.2) is 24.1 Å². The van der Waals surface area contributed by atoms with Crippen molar-refractivity contribution in [1.29, 1.82) is 0 Å². The molecule has 0 atom stereocenters. The number of benzene rings is 1. The molecule has 110 valence electrons. The van der Waals surface area contributed by atoms with E-state index in [9.17, 15) is 4.79 Å². The van der Waals surface area contributed by atoms with E-state index in [2.05, 4.69) is 10.5 Å². The van der Waals surface area contributed by atoms with Gasteiger partial charge in [0.05, 0.1) is 12.8 Å². The monoisotopic (exact) mass is 325 g/mol. The van der Waals surface area contributed by atoms with E-state index < -0.39 is 0 Å². The summed E-state index contributed by atoms with van der Waals surface area (Å²) in [7, 11) is 1.49. The Morgan fingerprint density at radius 1 is 1.48 bits per heavy atom. The highest BCUT2D eigenvalue weighted by Gasteiger charge is 2.17. The SMILES string of the molecule is COc1ccsc1C(=O)Nc1cc(Cl)ccc1/C(N)=N/O. The standard InChI is InChI=1S/C13H12ClN3O3S/c1-20-10-4-5-21-11(10)13(18)16-9-6-7(14)2-3-8(9)12(15)17-19/h2-6,19H,1H3,(H2,15,17)(H,16,18). The molecule has 2 rings (SSSR count). The van der Waals surface area contributed by atoms with Gasteiger partial charge in [-0.05, 0) is 29.6 Å². The van der Waals surface area contributed by atoms with Gasteiger partial charge in [0.25, 0.3) is 5.91 Å². The number of oxime groups is 1. The Morgan fingerprint density at radius 3 is 2.90 bits per heavy atom. The molecule has 6 nitrogen and oxygen atoms in total. The Hall–Kier alpha value is -2.25. The maximum absolute atomic E-state index is 12.3. The molecule has 0 aliphatic carbocycles. The van der Waals surface area contributed by atoms with E-state index in [0.29, 0.717) is 26.9 Å². The number of rotatable bonds is 4. The van der Waals surface area contributed by atoms with E-state index in [0.717, 1.165) is 0 Å². The van der Waals surface area contributed by atoms with Crippen LogP contribution in [0.1, 0.15) is 15.2 Å². The number of amidine groups is 1. The lowest BCUT2D eigenvalue weighted by Crippen LogP contribution is -2.19. The summed E-state index contributed by atoms with van der Waals surface area (Å²) < 4.78 is 5.10. The van der Waals surface area contributed by atoms with Crippen molar-refractivity contribution in [1.82, 2.24) is 0 Å². The zero-order valence-electron chi connectivity index (χ0n) is 11.0. The zero-order valence-corrected chi connectivity index (χ0v) is 12.5. The average Bonchev–Trinajstić information content (AvgIpc) is 2.95. The third kappa shape index (κ3) is 3.26. The molecule has 2 aromatic rings. The van der Waals surface area contributed by atoms with E-state index in [1.807, 2.05) is 0 Å². The first-order valence-corrected chi connectivity index (χ1v) is 7.03. The zero-order chi connectivity index (χ0) is 15.4. The van der Waals surface area contributed by atoms with Gasteiger partial charge in [-0.15, -0.1) is 11.3 Å². The van der Waals surface area contributed by atoms with Crippen LogP contribution in [0.25, 0.3) is 0 Å². The van der Waals surface area contributed by atoms with Gasteiger partial charge in [-0.3, -0.25) is 4.79 Å². The first-order chi connectivity index (χ1) is 10.1. The number of nitrogens with one attached hydrogen (secondary N) is 1. The average molecular weight is 326 g/mol. The van der Waals surface area contributed by atoms with Crippen molar-refractivity contribution in [3.05, 3.63) is 45.1 Å². The molecule has 0 aliphatic rings. The predicted octanol–water partition coefficient (Wildman–Crippen LogP) is 2.76. The lowest BCUT2D eigenvalue weighted by atomic mass is 10.1. The Morgan fingerprint density at radius 2 is 2.24 bits per heavy atom. The number of carbonyl (C=O) groups is 1. The van der Waals surface area contributed by atoms with Gasteiger partial charge < -0.3 is 21.0 Å². The topological polar surface area (TPSA) is 96.9 Å². The molecule has 0 radical (unpaired) electrons. The van der Waals surface area contributed by atoms with Gasteiger partial charge in [-0.2, -0.15) is 0 Å². The number of methoxy groups -OCH3 is 1. The van der Waals surface area contributed by atoms with Gasteiger partial charge in [0.1, 0.15) is 10.6 Å². The first-order valence-electron chi connectivity index (χ1n) is 5.77. The fourth-order valence-corrected chi connectivity index (χ4v) is 2.63. The molecule has 0 saturated carbocycles. The minimum Gasteiger partial charge on any atom is -0.495 e. The van der Waals surface area contributed by atoms with Gasteiger partial charge in [0.15, 0.2) is 5.84 Å². The molecule has 1 amide bonds. The maximum Gasteiger partial charge on any atom is 0.269 e. The van der Waals surface area contributed by atoms with E-state index in [-0.39, 0.29) is 11.7 Å². The molecule has 0 saturated heterocycles. The fraction of sp³-hybridized carbons (Fsp3) is 0.0769. The van der Waals surface area contributed by atoms with E-state index in [4.69, 9.17) is 27.3 Å². The smallest absolute Gasteiger partial charge is 0.269 e. The van der Waals surface area contributed by atoms with Crippen LogP contribution in [0.3, 0.4) is 0 Å². The van der Waals surface area contributed by atoms with Crippen molar-refractivity contribution in [3.63, 3.8) is 0 Å².